The number of hydrogen-bond acceptors (Lipinski definition) is 1. The molecule has 0 amide bonds. The zero-order valence-corrected chi connectivity index (χ0v) is 9.36. The molecule has 0 radical (unpaired) electrons. The van der Waals surface area contributed by atoms with Crippen LogP contribution in [-0.4, -0.2) is 5.78 Å². The van der Waals surface area contributed by atoms with E-state index in [1.165, 1.54) is 17.6 Å². The molecule has 1 heteroatoms. The van der Waals surface area contributed by atoms with Crippen LogP contribution in [0.5, 0.6) is 0 Å². The van der Waals surface area contributed by atoms with E-state index < -0.39 is 0 Å². The Morgan fingerprint density at radius 1 is 1.00 bits per heavy atom. The first-order valence-electron chi connectivity index (χ1n) is 6.09. The van der Waals surface area contributed by atoms with E-state index >= 15 is 0 Å². The summed E-state index contributed by atoms with van der Waals surface area (Å²) in [6, 6.07) is 10.6. The summed E-state index contributed by atoms with van der Waals surface area (Å²) >= 11 is 0. The first-order chi connectivity index (χ1) is 7.81. The Morgan fingerprint density at radius 3 is 2.56 bits per heavy atom. The number of Topliss-reactive ketones (excluding diaryl/α,β-unsaturated/α-hetero) is 1. The molecule has 1 fully saturated rings. The number of rotatable bonds is 1. The van der Waals surface area contributed by atoms with E-state index in [1.54, 1.807) is 0 Å². The second-order valence-corrected chi connectivity index (χ2v) is 5.07. The third kappa shape index (κ3) is 1.82. The van der Waals surface area contributed by atoms with Crippen molar-refractivity contribution in [3.05, 3.63) is 42.0 Å². The highest BCUT2D eigenvalue weighted by molar-refractivity contribution is 5.82. The van der Waals surface area contributed by atoms with Crippen molar-refractivity contribution in [3.8, 4) is 0 Å². The zero-order chi connectivity index (χ0) is 11.0. The van der Waals surface area contributed by atoms with Gasteiger partial charge in [0.05, 0.1) is 0 Å². The predicted molar refractivity (Wildman–Crippen MR) is 64.9 cm³/mol. The van der Waals surface area contributed by atoms with Crippen LogP contribution < -0.4 is 0 Å². The molecule has 1 saturated carbocycles. The van der Waals surface area contributed by atoms with E-state index in [1.807, 2.05) is 0 Å². The van der Waals surface area contributed by atoms with Gasteiger partial charge in [-0.3, -0.25) is 4.79 Å². The predicted octanol–water partition coefficient (Wildman–Crippen LogP) is 3.46. The molecular formula is C15H16O. The van der Waals surface area contributed by atoms with Crippen LogP contribution in [0.15, 0.2) is 36.4 Å². The molecule has 0 saturated heterocycles. The van der Waals surface area contributed by atoms with Crippen LogP contribution in [-0.2, 0) is 4.79 Å². The molecule has 1 aromatic carbocycles. The molecule has 16 heavy (non-hydrogen) atoms. The van der Waals surface area contributed by atoms with E-state index in [-0.39, 0.29) is 0 Å². The van der Waals surface area contributed by atoms with E-state index in [0.717, 1.165) is 19.3 Å². The van der Waals surface area contributed by atoms with E-state index in [0.29, 0.717) is 17.6 Å². The standard InChI is InChI=1S/C15H16O/c16-15-9-11-6-12(10-15)8-14(7-11)13-4-2-1-3-5-13/h1-5,7,11-12H,6,8-10H2/t11-,12+/m1/s1. The van der Waals surface area contributed by atoms with Crippen molar-refractivity contribution in [2.75, 3.05) is 0 Å². The van der Waals surface area contributed by atoms with Crippen molar-refractivity contribution in [2.24, 2.45) is 11.8 Å². The first-order valence-corrected chi connectivity index (χ1v) is 6.09. The van der Waals surface area contributed by atoms with Crippen LogP contribution >= 0.6 is 0 Å². The van der Waals surface area contributed by atoms with Crippen LogP contribution in [0.3, 0.4) is 0 Å². The lowest BCUT2D eigenvalue weighted by Crippen LogP contribution is -2.25. The minimum absolute atomic E-state index is 0.463. The lowest BCUT2D eigenvalue weighted by Gasteiger charge is -2.32. The lowest BCUT2D eigenvalue weighted by atomic mass is 9.72. The second kappa shape index (κ2) is 3.89. The van der Waals surface area contributed by atoms with Crippen molar-refractivity contribution in [3.63, 3.8) is 0 Å². The summed E-state index contributed by atoms with van der Waals surface area (Å²) in [4.78, 5) is 11.5. The number of benzene rings is 1. The van der Waals surface area contributed by atoms with Crippen molar-refractivity contribution in [2.45, 2.75) is 25.7 Å². The Bertz CT molecular complexity index is 430. The Kier molecular flexibility index (Phi) is 2.39. The summed E-state index contributed by atoms with van der Waals surface area (Å²) in [5.41, 5.74) is 2.79. The number of carbonyl (C=O) groups is 1. The fourth-order valence-electron chi connectivity index (χ4n) is 3.10. The number of ketones is 1. The quantitative estimate of drug-likeness (QED) is 0.696. The molecule has 82 valence electrons. The molecule has 0 aromatic heterocycles. The highest BCUT2D eigenvalue weighted by Crippen LogP contribution is 2.40. The van der Waals surface area contributed by atoms with Crippen LogP contribution in [0.25, 0.3) is 5.57 Å². The van der Waals surface area contributed by atoms with Crippen LogP contribution in [0.4, 0.5) is 0 Å². The monoisotopic (exact) mass is 212 g/mol. The summed E-state index contributed by atoms with van der Waals surface area (Å²) in [7, 11) is 0. The summed E-state index contributed by atoms with van der Waals surface area (Å²) < 4.78 is 0. The highest BCUT2D eigenvalue weighted by Gasteiger charge is 2.30. The molecule has 1 nitrogen and oxygen atoms in total. The summed E-state index contributed by atoms with van der Waals surface area (Å²) in [5, 5.41) is 0. The Hall–Kier alpha value is -1.37. The van der Waals surface area contributed by atoms with Gasteiger partial charge in [0.25, 0.3) is 0 Å². The minimum atomic E-state index is 0.463. The van der Waals surface area contributed by atoms with Gasteiger partial charge in [0, 0.05) is 12.8 Å². The molecule has 0 aliphatic heterocycles. The number of carbonyl (C=O) groups excluding carboxylic acids is 1. The van der Waals surface area contributed by atoms with Gasteiger partial charge in [-0.2, -0.15) is 0 Å². The second-order valence-electron chi connectivity index (χ2n) is 5.07. The maximum Gasteiger partial charge on any atom is 0.133 e. The summed E-state index contributed by atoms with van der Waals surface area (Å²) in [6.45, 7) is 0. The fourth-order valence-corrected chi connectivity index (χ4v) is 3.10. The molecule has 3 rings (SSSR count). The van der Waals surface area contributed by atoms with Crippen LogP contribution in [0.2, 0.25) is 0 Å². The van der Waals surface area contributed by atoms with E-state index in [4.69, 9.17) is 0 Å². The third-order valence-electron chi connectivity index (χ3n) is 3.73. The van der Waals surface area contributed by atoms with Gasteiger partial charge in [0.15, 0.2) is 0 Å². The van der Waals surface area contributed by atoms with Crippen LogP contribution in [0, 0.1) is 11.8 Å². The summed E-state index contributed by atoms with van der Waals surface area (Å²) in [6.07, 6.45) is 6.23. The van der Waals surface area contributed by atoms with Crippen molar-refractivity contribution in [1.82, 2.24) is 0 Å². The Morgan fingerprint density at radius 2 is 1.81 bits per heavy atom. The van der Waals surface area contributed by atoms with Gasteiger partial charge in [0.2, 0.25) is 0 Å². The topological polar surface area (TPSA) is 17.1 Å². The van der Waals surface area contributed by atoms with Gasteiger partial charge in [-0.15, -0.1) is 0 Å². The molecule has 1 aromatic rings. The number of hydrogen-bond donors (Lipinski definition) is 0. The zero-order valence-electron chi connectivity index (χ0n) is 9.36. The average Bonchev–Trinajstić information content (AvgIpc) is 2.28. The molecule has 2 bridgehead atoms. The van der Waals surface area contributed by atoms with Gasteiger partial charge in [-0.25, -0.2) is 0 Å². The lowest BCUT2D eigenvalue weighted by molar-refractivity contribution is -0.122. The van der Waals surface area contributed by atoms with Gasteiger partial charge in [-0.1, -0.05) is 36.4 Å². The minimum Gasteiger partial charge on any atom is -0.300 e. The van der Waals surface area contributed by atoms with Crippen molar-refractivity contribution < 1.29 is 4.79 Å². The van der Waals surface area contributed by atoms with Gasteiger partial charge in [-0.05, 0) is 35.8 Å². The van der Waals surface area contributed by atoms with Gasteiger partial charge < -0.3 is 0 Å². The number of allylic oxidation sites excluding steroid dienone is 2. The first kappa shape index (κ1) is 9.83. The molecule has 2 aliphatic rings. The largest absolute Gasteiger partial charge is 0.300 e. The van der Waals surface area contributed by atoms with Crippen molar-refractivity contribution in [1.29, 1.82) is 0 Å². The molecule has 0 unspecified atom stereocenters. The van der Waals surface area contributed by atoms with E-state index in [2.05, 4.69) is 36.4 Å². The molecule has 0 heterocycles. The van der Waals surface area contributed by atoms with Gasteiger partial charge in [0.1, 0.15) is 5.78 Å². The molecule has 0 spiro atoms. The average molecular weight is 212 g/mol. The highest BCUT2D eigenvalue weighted by atomic mass is 16.1. The molecule has 2 aliphatic carbocycles. The maximum absolute atomic E-state index is 11.5. The third-order valence-corrected chi connectivity index (χ3v) is 3.73. The number of fused-ring (bicyclic) bond motifs is 2. The molecule has 2 atom stereocenters. The Labute approximate surface area is 96.2 Å². The molecule has 0 N–H and O–H groups in total. The van der Waals surface area contributed by atoms with Crippen LogP contribution in [0.1, 0.15) is 31.2 Å². The maximum atomic E-state index is 11.5. The smallest absolute Gasteiger partial charge is 0.133 e. The Balaban J connectivity index is 1.91. The van der Waals surface area contributed by atoms with E-state index in [9.17, 15) is 4.79 Å². The normalized spacial score (nSPS) is 28.8. The fraction of sp³-hybridized carbons (Fsp3) is 0.400. The SMILES string of the molecule is O=C1C[C@H]2C=C(c3ccccc3)C[C@@H](C1)C2. The van der Waals surface area contributed by atoms with Gasteiger partial charge >= 0.3 is 0 Å². The molecular weight excluding hydrogens is 196 g/mol. The van der Waals surface area contributed by atoms with Crippen molar-refractivity contribution >= 4 is 11.4 Å². The summed E-state index contributed by atoms with van der Waals surface area (Å²) in [5.74, 6) is 1.58.